The summed E-state index contributed by atoms with van der Waals surface area (Å²) in [7, 11) is 0. The molecule has 1 N–H and O–H groups in total. The van der Waals surface area contributed by atoms with Crippen molar-refractivity contribution in [2.75, 3.05) is 0 Å². The van der Waals surface area contributed by atoms with Crippen LogP contribution in [0.1, 0.15) is 15.9 Å². The molecule has 2 aromatic carbocycles. The van der Waals surface area contributed by atoms with Gasteiger partial charge in [0.25, 0.3) is 0 Å². The number of benzene rings is 2. The van der Waals surface area contributed by atoms with Gasteiger partial charge in [0.1, 0.15) is 0 Å². The number of hydrogen-bond donors (Lipinski definition) is 1. The molecule has 0 spiro atoms. The fourth-order valence-corrected chi connectivity index (χ4v) is 2.83. The first-order chi connectivity index (χ1) is 11.7. The second-order valence-corrected chi connectivity index (χ2v) is 5.49. The van der Waals surface area contributed by atoms with Crippen molar-refractivity contribution >= 4 is 17.2 Å². The van der Waals surface area contributed by atoms with Crippen molar-refractivity contribution in [2.24, 2.45) is 0 Å². The molecule has 0 bridgehead atoms. The Morgan fingerprint density at radius 2 is 2.00 bits per heavy atom. The third kappa shape index (κ3) is 2.44. The molecule has 24 heavy (non-hydrogen) atoms. The predicted molar refractivity (Wildman–Crippen MR) is 89.0 cm³/mol. The molecule has 0 saturated carbocycles. The van der Waals surface area contributed by atoms with Crippen LogP contribution in [0.5, 0.6) is 0 Å². The van der Waals surface area contributed by atoms with Gasteiger partial charge in [-0.05, 0) is 23.8 Å². The molecular weight excluding hydrogens is 306 g/mol. The highest BCUT2D eigenvalue weighted by molar-refractivity contribution is 5.99. The van der Waals surface area contributed by atoms with E-state index in [1.54, 1.807) is 0 Å². The predicted octanol–water partition coefficient (Wildman–Crippen LogP) is 2.85. The Morgan fingerprint density at radius 1 is 1.17 bits per heavy atom. The number of nitrogens with zero attached hydrogens (tertiary/aromatic N) is 2. The number of H-pyrrole nitrogens is 1. The maximum atomic E-state index is 11.4. The molecule has 4 aromatic rings. The topological polar surface area (TPSA) is 80.9 Å². The Morgan fingerprint density at radius 3 is 2.71 bits per heavy atom. The minimum Gasteiger partial charge on any atom is -0.342 e. The Kier molecular flexibility index (Phi) is 3.35. The average Bonchev–Trinajstić information content (AvgIpc) is 3.19. The van der Waals surface area contributed by atoms with E-state index < -0.39 is 5.76 Å². The molecule has 0 unspecified atom stereocenters. The van der Waals surface area contributed by atoms with Gasteiger partial charge in [-0.15, -0.1) is 0 Å². The number of carbonyl (C=O) groups excluding carboxylic acids is 1. The summed E-state index contributed by atoms with van der Waals surface area (Å²) in [6.45, 7) is 0.672. The number of aldehydes is 1. The second kappa shape index (κ2) is 5.66. The lowest BCUT2D eigenvalue weighted by Crippen LogP contribution is -1.97. The molecule has 0 radical (unpaired) electrons. The van der Waals surface area contributed by atoms with Crippen LogP contribution in [0.3, 0.4) is 0 Å². The summed E-state index contributed by atoms with van der Waals surface area (Å²) in [6.07, 6.45) is 2.67. The zero-order valence-corrected chi connectivity index (χ0v) is 12.6. The van der Waals surface area contributed by atoms with Gasteiger partial charge in [0, 0.05) is 34.8 Å². The summed E-state index contributed by atoms with van der Waals surface area (Å²) in [4.78, 5) is 25.1. The summed E-state index contributed by atoms with van der Waals surface area (Å²) < 4.78 is 6.57. The monoisotopic (exact) mass is 319 g/mol. The Hall–Kier alpha value is -3.41. The first kappa shape index (κ1) is 14.2. The number of nitrogens with one attached hydrogen (secondary N) is 1. The lowest BCUT2D eigenvalue weighted by atomic mass is 10.1. The highest BCUT2D eigenvalue weighted by Gasteiger charge is 2.12. The van der Waals surface area contributed by atoms with E-state index in [0.29, 0.717) is 23.5 Å². The maximum absolute atomic E-state index is 11.4. The van der Waals surface area contributed by atoms with Crippen molar-refractivity contribution in [3.05, 3.63) is 76.4 Å². The van der Waals surface area contributed by atoms with Crippen LogP contribution >= 0.6 is 0 Å². The third-order valence-electron chi connectivity index (χ3n) is 3.95. The van der Waals surface area contributed by atoms with Gasteiger partial charge in [-0.2, -0.15) is 0 Å². The van der Waals surface area contributed by atoms with Crippen molar-refractivity contribution in [3.63, 3.8) is 0 Å². The molecule has 0 aliphatic heterocycles. The van der Waals surface area contributed by atoms with Gasteiger partial charge in [-0.1, -0.05) is 35.5 Å². The van der Waals surface area contributed by atoms with Gasteiger partial charge in [0.2, 0.25) is 0 Å². The van der Waals surface area contributed by atoms with Crippen LogP contribution in [0.15, 0.2) is 64.0 Å². The van der Waals surface area contributed by atoms with E-state index in [0.717, 1.165) is 22.8 Å². The molecule has 6 nitrogen and oxygen atoms in total. The number of aromatic nitrogens is 3. The summed E-state index contributed by atoms with van der Waals surface area (Å²) in [5.74, 6) is -0.267. The van der Waals surface area contributed by atoms with Gasteiger partial charge in [-0.25, -0.2) is 4.79 Å². The standard InChI is InChI=1S/C18H13N3O3/c22-11-14-10-21(9-12-4-2-1-3-5-12)16-7-6-13(8-15(14)16)17-19-18(23)24-20-17/h1-8,10-11H,9H2,(H,19,20,23). The molecule has 0 fully saturated rings. The maximum Gasteiger partial charge on any atom is 0.439 e. The van der Waals surface area contributed by atoms with Crippen molar-refractivity contribution in [3.8, 4) is 11.4 Å². The van der Waals surface area contributed by atoms with E-state index in [1.165, 1.54) is 0 Å². The van der Waals surface area contributed by atoms with E-state index in [-0.39, 0.29) is 0 Å². The molecule has 0 aliphatic carbocycles. The molecule has 0 atom stereocenters. The Labute approximate surface area is 136 Å². The van der Waals surface area contributed by atoms with Crippen molar-refractivity contribution in [1.82, 2.24) is 14.7 Å². The number of aromatic amines is 1. The highest BCUT2D eigenvalue weighted by Crippen LogP contribution is 2.26. The molecule has 0 aliphatic rings. The van der Waals surface area contributed by atoms with Crippen molar-refractivity contribution in [1.29, 1.82) is 0 Å². The van der Waals surface area contributed by atoms with Crippen molar-refractivity contribution < 1.29 is 9.32 Å². The summed E-state index contributed by atoms with van der Waals surface area (Å²) in [6, 6.07) is 15.6. The van der Waals surface area contributed by atoms with E-state index in [1.807, 2.05) is 59.3 Å². The lowest BCUT2D eigenvalue weighted by Gasteiger charge is -2.06. The average molecular weight is 319 g/mol. The molecule has 118 valence electrons. The molecular formula is C18H13N3O3. The largest absolute Gasteiger partial charge is 0.439 e. The van der Waals surface area contributed by atoms with Crippen LogP contribution in [0.2, 0.25) is 0 Å². The zero-order chi connectivity index (χ0) is 16.5. The van der Waals surface area contributed by atoms with Gasteiger partial charge in [0.05, 0.1) is 0 Å². The molecule has 0 saturated heterocycles. The first-order valence-corrected chi connectivity index (χ1v) is 7.43. The van der Waals surface area contributed by atoms with Crippen LogP contribution in [0, 0.1) is 0 Å². The van der Waals surface area contributed by atoms with E-state index in [4.69, 9.17) is 0 Å². The summed E-state index contributed by atoms with van der Waals surface area (Å²) in [5, 5.41) is 4.49. The van der Waals surface area contributed by atoms with Crippen LogP contribution < -0.4 is 5.76 Å². The van der Waals surface area contributed by atoms with E-state index in [9.17, 15) is 9.59 Å². The minimum atomic E-state index is -0.609. The fourth-order valence-electron chi connectivity index (χ4n) is 2.83. The van der Waals surface area contributed by atoms with Gasteiger partial charge >= 0.3 is 5.76 Å². The Balaban J connectivity index is 1.82. The van der Waals surface area contributed by atoms with Crippen LogP contribution in [-0.2, 0) is 6.54 Å². The lowest BCUT2D eigenvalue weighted by molar-refractivity contribution is 0.112. The quantitative estimate of drug-likeness (QED) is 0.586. The molecule has 4 rings (SSSR count). The first-order valence-electron chi connectivity index (χ1n) is 7.43. The molecule has 2 heterocycles. The third-order valence-corrected chi connectivity index (χ3v) is 3.95. The van der Waals surface area contributed by atoms with E-state index >= 15 is 0 Å². The van der Waals surface area contributed by atoms with Crippen LogP contribution in [0.4, 0.5) is 0 Å². The summed E-state index contributed by atoms with van der Waals surface area (Å²) in [5.41, 5.74) is 3.37. The molecule has 0 amide bonds. The molecule has 6 heteroatoms. The van der Waals surface area contributed by atoms with Gasteiger partial charge < -0.3 is 4.57 Å². The number of hydrogen-bond acceptors (Lipinski definition) is 4. The highest BCUT2D eigenvalue weighted by atomic mass is 16.5. The minimum absolute atomic E-state index is 0.342. The number of carbonyl (C=O) groups is 1. The number of rotatable bonds is 4. The normalized spacial score (nSPS) is 11.0. The second-order valence-electron chi connectivity index (χ2n) is 5.49. The number of fused-ring (bicyclic) bond motifs is 1. The van der Waals surface area contributed by atoms with Crippen molar-refractivity contribution in [2.45, 2.75) is 6.54 Å². The molecule has 2 aromatic heterocycles. The van der Waals surface area contributed by atoms with Gasteiger partial charge in [-0.3, -0.25) is 14.3 Å². The zero-order valence-electron chi connectivity index (χ0n) is 12.6. The van der Waals surface area contributed by atoms with Crippen LogP contribution in [-0.4, -0.2) is 21.0 Å². The fraction of sp³-hybridized carbons (Fsp3) is 0.0556. The van der Waals surface area contributed by atoms with E-state index in [2.05, 4.69) is 14.7 Å². The summed E-state index contributed by atoms with van der Waals surface area (Å²) >= 11 is 0. The van der Waals surface area contributed by atoms with Gasteiger partial charge in [0.15, 0.2) is 12.1 Å². The Bertz CT molecular complexity index is 1070. The van der Waals surface area contributed by atoms with Crippen LogP contribution in [0.25, 0.3) is 22.3 Å². The smallest absolute Gasteiger partial charge is 0.342 e. The SMILES string of the molecule is O=Cc1cn(Cc2ccccc2)c2ccc(-c3noc(=O)[nH]3)cc12.